The molecule has 0 radical (unpaired) electrons. The van der Waals surface area contributed by atoms with Crippen LogP contribution in [0.3, 0.4) is 0 Å². The van der Waals surface area contributed by atoms with Crippen LogP contribution in [0.5, 0.6) is 0 Å². The molecule has 0 aromatic carbocycles. The van der Waals surface area contributed by atoms with Gasteiger partial charge >= 0.3 is 0 Å². The van der Waals surface area contributed by atoms with E-state index in [-0.39, 0.29) is 6.42 Å². The summed E-state index contributed by atoms with van der Waals surface area (Å²) in [7, 11) is 3.43. The maximum absolute atomic E-state index is 12.2. The first-order chi connectivity index (χ1) is 4.48. The summed E-state index contributed by atoms with van der Waals surface area (Å²) >= 11 is 0. The maximum Gasteiger partial charge on any atom is 0.271 e. The molecule has 0 aromatic heterocycles. The van der Waals surface area contributed by atoms with E-state index < -0.39 is 12.5 Å². The molecule has 0 rings (SSSR count). The van der Waals surface area contributed by atoms with Crippen LogP contribution in [0.4, 0.5) is 8.78 Å². The molecule has 0 unspecified atom stereocenters. The maximum atomic E-state index is 12.2. The van der Waals surface area contributed by atoms with Crippen LogP contribution in [-0.2, 0) is 0 Å². The van der Waals surface area contributed by atoms with Gasteiger partial charge in [-0.2, -0.15) is 0 Å². The van der Waals surface area contributed by atoms with Crippen molar-refractivity contribution < 1.29 is 13.9 Å². The normalized spacial score (nSPS) is 12.6. The summed E-state index contributed by atoms with van der Waals surface area (Å²) in [5.41, 5.74) is 0. The third-order valence-corrected chi connectivity index (χ3v) is 1.16. The first-order valence-electron chi connectivity index (χ1n) is 3.11. The summed E-state index contributed by atoms with van der Waals surface area (Å²) in [6.45, 7) is -0.756. The second-order valence-electron chi connectivity index (χ2n) is 2.57. The van der Waals surface area contributed by atoms with Gasteiger partial charge in [-0.05, 0) is 14.1 Å². The van der Waals surface area contributed by atoms with E-state index in [1.54, 1.807) is 19.0 Å². The van der Waals surface area contributed by atoms with Crippen molar-refractivity contribution in [2.75, 3.05) is 27.2 Å². The van der Waals surface area contributed by atoms with Gasteiger partial charge in [0, 0.05) is 13.0 Å². The van der Waals surface area contributed by atoms with Gasteiger partial charge in [0.1, 0.15) is 6.61 Å². The minimum Gasteiger partial charge on any atom is -0.390 e. The molecule has 2 nitrogen and oxygen atoms in total. The molecular formula is C6H13F2NO. The van der Waals surface area contributed by atoms with Crippen molar-refractivity contribution in [3.63, 3.8) is 0 Å². The standard InChI is InChI=1S/C6H13F2NO/c1-9(2)4-3-6(7,8)5-10/h10H,3-5H2,1-2H3. The molecule has 0 heterocycles. The van der Waals surface area contributed by atoms with Gasteiger partial charge in [-0.15, -0.1) is 0 Å². The van der Waals surface area contributed by atoms with Crippen molar-refractivity contribution in [2.24, 2.45) is 0 Å². The van der Waals surface area contributed by atoms with Gasteiger partial charge in [-0.1, -0.05) is 0 Å². The van der Waals surface area contributed by atoms with Crippen LogP contribution in [-0.4, -0.2) is 43.2 Å². The minimum atomic E-state index is -2.91. The number of rotatable bonds is 4. The Morgan fingerprint density at radius 2 is 1.90 bits per heavy atom. The SMILES string of the molecule is CN(C)CCC(F)(F)CO. The van der Waals surface area contributed by atoms with Gasteiger partial charge in [-0.3, -0.25) is 0 Å². The second-order valence-corrected chi connectivity index (χ2v) is 2.57. The predicted molar refractivity (Wildman–Crippen MR) is 35.2 cm³/mol. The Balaban J connectivity index is 3.46. The van der Waals surface area contributed by atoms with Crippen molar-refractivity contribution in [3.05, 3.63) is 0 Å². The van der Waals surface area contributed by atoms with Gasteiger partial charge in [0.2, 0.25) is 0 Å². The van der Waals surface area contributed by atoms with E-state index in [9.17, 15) is 8.78 Å². The van der Waals surface area contributed by atoms with Crippen LogP contribution in [0.1, 0.15) is 6.42 Å². The average Bonchev–Trinajstić information content (AvgIpc) is 1.85. The highest BCUT2D eigenvalue weighted by Crippen LogP contribution is 2.16. The summed E-state index contributed by atoms with van der Waals surface area (Å²) in [4.78, 5) is 1.66. The molecule has 0 aliphatic rings. The van der Waals surface area contributed by atoms with Crippen LogP contribution in [0.15, 0.2) is 0 Å². The lowest BCUT2D eigenvalue weighted by Crippen LogP contribution is -2.27. The molecule has 1 N–H and O–H groups in total. The summed E-state index contributed by atoms with van der Waals surface area (Å²) in [5.74, 6) is -2.91. The lowest BCUT2D eigenvalue weighted by Gasteiger charge is -2.15. The number of nitrogens with zero attached hydrogens (tertiary/aromatic N) is 1. The molecule has 0 aliphatic heterocycles. The highest BCUT2D eigenvalue weighted by atomic mass is 19.3. The van der Waals surface area contributed by atoms with E-state index >= 15 is 0 Å². The molecule has 0 saturated heterocycles. The number of halogens is 2. The summed E-state index contributed by atoms with van der Waals surface area (Å²) in [5, 5.41) is 8.14. The van der Waals surface area contributed by atoms with E-state index in [1.165, 1.54) is 0 Å². The van der Waals surface area contributed by atoms with Crippen molar-refractivity contribution in [3.8, 4) is 0 Å². The Morgan fingerprint density at radius 1 is 1.40 bits per heavy atom. The molecule has 4 heteroatoms. The molecule has 0 atom stereocenters. The Bertz CT molecular complexity index is 95.7. The van der Waals surface area contributed by atoms with Crippen LogP contribution in [0.2, 0.25) is 0 Å². The molecule has 0 aliphatic carbocycles. The van der Waals surface area contributed by atoms with Gasteiger partial charge in [0.15, 0.2) is 0 Å². The molecule has 62 valence electrons. The van der Waals surface area contributed by atoms with Gasteiger partial charge < -0.3 is 10.0 Å². The zero-order valence-corrected chi connectivity index (χ0v) is 6.27. The van der Waals surface area contributed by atoms with E-state index in [0.29, 0.717) is 6.54 Å². The monoisotopic (exact) mass is 153 g/mol. The average molecular weight is 153 g/mol. The molecule has 0 aromatic rings. The molecular weight excluding hydrogens is 140 g/mol. The number of aliphatic hydroxyl groups is 1. The van der Waals surface area contributed by atoms with E-state index in [1.807, 2.05) is 0 Å². The lowest BCUT2D eigenvalue weighted by atomic mass is 10.2. The van der Waals surface area contributed by atoms with Gasteiger partial charge in [0.25, 0.3) is 5.92 Å². The summed E-state index contributed by atoms with van der Waals surface area (Å²) < 4.78 is 24.5. The number of hydrogen-bond acceptors (Lipinski definition) is 2. The molecule has 0 amide bonds. The van der Waals surface area contributed by atoms with Crippen LogP contribution >= 0.6 is 0 Å². The molecule has 0 spiro atoms. The van der Waals surface area contributed by atoms with Gasteiger partial charge in [-0.25, -0.2) is 8.78 Å². The lowest BCUT2D eigenvalue weighted by molar-refractivity contribution is -0.0596. The van der Waals surface area contributed by atoms with Crippen LogP contribution < -0.4 is 0 Å². The molecule has 0 bridgehead atoms. The van der Waals surface area contributed by atoms with Gasteiger partial charge in [0.05, 0.1) is 0 Å². The number of alkyl halides is 2. The molecule has 10 heavy (non-hydrogen) atoms. The zero-order chi connectivity index (χ0) is 8.20. The molecule has 0 saturated carbocycles. The van der Waals surface area contributed by atoms with Crippen LogP contribution in [0.25, 0.3) is 0 Å². The van der Waals surface area contributed by atoms with Crippen LogP contribution in [0, 0.1) is 0 Å². The minimum absolute atomic E-state index is 0.281. The summed E-state index contributed by atoms with van der Waals surface area (Å²) in [6, 6.07) is 0. The third-order valence-electron chi connectivity index (χ3n) is 1.16. The van der Waals surface area contributed by atoms with E-state index in [2.05, 4.69) is 0 Å². The predicted octanol–water partition coefficient (Wildman–Crippen LogP) is 0.566. The smallest absolute Gasteiger partial charge is 0.271 e. The number of aliphatic hydroxyl groups excluding tert-OH is 1. The fourth-order valence-electron chi connectivity index (χ4n) is 0.466. The topological polar surface area (TPSA) is 23.5 Å². The van der Waals surface area contributed by atoms with E-state index in [0.717, 1.165) is 0 Å². The Kier molecular flexibility index (Phi) is 3.75. The van der Waals surface area contributed by atoms with Crippen molar-refractivity contribution in [1.82, 2.24) is 4.90 Å². The zero-order valence-electron chi connectivity index (χ0n) is 6.27. The highest BCUT2D eigenvalue weighted by molar-refractivity contribution is 4.64. The third kappa shape index (κ3) is 4.64. The first-order valence-corrected chi connectivity index (χ1v) is 3.11. The Labute approximate surface area is 59.4 Å². The van der Waals surface area contributed by atoms with Crippen molar-refractivity contribution in [2.45, 2.75) is 12.3 Å². The number of hydrogen-bond donors (Lipinski definition) is 1. The Morgan fingerprint density at radius 3 is 2.20 bits per heavy atom. The second kappa shape index (κ2) is 3.83. The first kappa shape index (κ1) is 9.78. The summed E-state index contributed by atoms with van der Waals surface area (Å²) in [6.07, 6.45) is -0.281. The largest absolute Gasteiger partial charge is 0.390 e. The molecule has 0 fully saturated rings. The van der Waals surface area contributed by atoms with E-state index in [4.69, 9.17) is 5.11 Å². The highest BCUT2D eigenvalue weighted by Gasteiger charge is 2.26. The van der Waals surface area contributed by atoms with Crippen molar-refractivity contribution in [1.29, 1.82) is 0 Å². The Hall–Kier alpha value is -0.220. The van der Waals surface area contributed by atoms with Crippen molar-refractivity contribution >= 4 is 0 Å². The quantitative estimate of drug-likeness (QED) is 0.638. The fourth-order valence-corrected chi connectivity index (χ4v) is 0.466. The fraction of sp³-hybridized carbons (Fsp3) is 1.00.